The zero-order valence-corrected chi connectivity index (χ0v) is 20.8. The highest BCUT2D eigenvalue weighted by molar-refractivity contribution is 5.32. The number of ether oxygens (including phenoxy) is 4. The molecular formula is C27H36O11. The number of aliphatic hydroxyl groups excluding tert-OH is 7. The predicted octanol–water partition coefficient (Wildman–Crippen LogP) is -0.407. The summed E-state index contributed by atoms with van der Waals surface area (Å²) in [7, 11) is 0. The van der Waals surface area contributed by atoms with Crippen LogP contribution in [-0.4, -0.2) is 105 Å². The van der Waals surface area contributed by atoms with Gasteiger partial charge in [0, 0.05) is 12.8 Å². The Morgan fingerprint density at radius 3 is 1.79 bits per heavy atom. The minimum atomic E-state index is -1.46. The molecule has 2 saturated heterocycles. The van der Waals surface area contributed by atoms with Crippen LogP contribution in [-0.2, 0) is 9.47 Å². The molecule has 4 rings (SSSR count). The first kappa shape index (κ1) is 28.7. The summed E-state index contributed by atoms with van der Waals surface area (Å²) < 4.78 is 22.9. The summed E-state index contributed by atoms with van der Waals surface area (Å²) in [5, 5.41) is 69.5. The summed E-state index contributed by atoms with van der Waals surface area (Å²) >= 11 is 0. The van der Waals surface area contributed by atoms with E-state index in [2.05, 4.69) is 0 Å². The van der Waals surface area contributed by atoms with Gasteiger partial charge < -0.3 is 54.7 Å². The van der Waals surface area contributed by atoms with Gasteiger partial charge in [-0.05, 0) is 35.4 Å². The first-order chi connectivity index (χ1) is 18.3. The smallest absolute Gasteiger partial charge is 0.119 e. The van der Waals surface area contributed by atoms with Gasteiger partial charge in [0.05, 0.1) is 38.6 Å². The van der Waals surface area contributed by atoms with Crippen LogP contribution >= 0.6 is 0 Å². The Hall–Kier alpha value is -2.32. The third-order valence-electron chi connectivity index (χ3n) is 6.85. The van der Waals surface area contributed by atoms with Crippen LogP contribution < -0.4 is 9.47 Å². The van der Waals surface area contributed by atoms with Crippen molar-refractivity contribution >= 4 is 0 Å². The summed E-state index contributed by atoms with van der Waals surface area (Å²) in [6.45, 7) is -0.159. The molecule has 0 spiro atoms. The van der Waals surface area contributed by atoms with Gasteiger partial charge in [-0.2, -0.15) is 0 Å². The lowest BCUT2D eigenvalue weighted by Gasteiger charge is -2.40. The van der Waals surface area contributed by atoms with Crippen molar-refractivity contribution in [3.05, 3.63) is 59.7 Å². The third-order valence-corrected chi connectivity index (χ3v) is 6.85. The number of hydrogen-bond donors (Lipinski definition) is 7. The Morgan fingerprint density at radius 1 is 0.658 bits per heavy atom. The van der Waals surface area contributed by atoms with E-state index >= 15 is 0 Å². The number of aliphatic hydroxyl groups is 7. The lowest BCUT2D eigenvalue weighted by Crippen LogP contribution is -2.55. The van der Waals surface area contributed by atoms with Crippen molar-refractivity contribution in [3.8, 4) is 11.5 Å². The summed E-state index contributed by atoms with van der Waals surface area (Å²) in [5.74, 6) is 1.10. The van der Waals surface area contributed by atoms with E-state index < -0.39 is 61.5 Å². The van der Waals surface area contributed by atoms with E-state index in [4.69, 9.17) is 18.9 Å². The van der Waals surface area contributed by atoms with E-state index in [1.165, 1.54) is 0 Å². The molecule has 0 aromatic heterocycles. The molecule has 2 aliphatic heterocycles. The second kappa shape index (κ2) is 13.2. The van der Waals surface area contributed by atoms with E-state index in [-0.39, 0.29) is 13.0 Å². The van der Waals surface area contributed by atoms with Gasteiger partial charge >= 0.3 is 0 Å². The molecule has 2 aromatic carbocycles. The van der Waals surface area contributed by atoms with Gasteiger partial charge in [-0.25, -0.2) is 0 Å². The number of rotatable bonds is 10. The van der Waals surface area contributed by atoms with Crippen LogP contribution in [0.1, 0.15) is 36.2 Å². The van der Waals surface area contributed by atoms with Gasteiger partial charge in [-0.1, -0.05) is 24.3 Å². The van der Waals surface area contributed by atoms with Crippen LogP contribution in [0.25, 0.3) is 0 Å². The first-order valence-corrected chi connectivity index (χ1v) is 12.7. The van der Waals surface area contributed by atoms with Crippen molar-refractivity contribution in [2.45, 2.75) is 67.8 Å². The summed E-state index contributed by atoms with van der Waals surface area (Å²) in [5.41, 5.74) is 1.22. The number of hydrogen-bond acceptors (Lipinski definition) is 11. The van der Waals surface area contributed by atoms with Crippen molar-refractivity contribution < 1.29 is 54.7 Å². The fraction of sp³-hybridized carbons (Fsp3) is 0.556. The largest absolute Gasteiger partial charge is 0.493 e. The van der Waals surface area contributed by atoms with Crippen LogP contribution in [0.2, 0.25) is 0 Å². The molecule has 11 nitrogen and oxygen atoms in total. The lowest BCUT2D eigenvalue weighted by atomic mass is 9.91. The van der Waals surface area contributed by atoms with E-state index in [9.17, 15) is 35.7 Å². The van der Waals surface area contributed by atoms with Gasteiger partial charge in [0.2, 0.25) is 0 Å². The molecular weight excluding hydrogens is 500 g/mol. The lowest BCUT2D eigenvalue weighted by molar-refractivity contribution is -0.231. The SMILES string of the molecule is OCC1O[C@H](c2cccc(OCCCOc3cccc([C@H]4O[C@H](CO)[C@@H](O)C[C@@H]4O)c3)c2)C(O)C(O)[C@@H]1O. The molecule has 0 saturated carbocycles. The van der Waals surface area contributed by atoms with Crippen LogP contribution in [0.15, 0.2) is 48.5 Å². The second-order valence-corrected chi connectivity index (χ2v) is 9.59. The minimum absolute atomic E-state index is 0.107. The maximum Gasteiger partial charge on any atom is 0.119 e. The maximum atomic E-state index is 10.4. The van der Waals surface area contributed by atoms with Crippen molar-refractivity contribution in [3.63, 3.8) is 0 Å². The molecule has 0 aliphatic carbocycles. The Balaban J connectivity index is 1.27. The van der Waals surface area contributed by atoms with E-state index in [0.29, 0.717) is 42.3 Å². The fourth-order valence-corrected chi connectivity index (χ4v) is 4.74. The fourth-order valence-electron chi connectivity index (χ4n) is 4.74. The first-order valence-electron chi connectivity index (χ1n) is 12.7. The molecule has 38 heavy (non-hydrogen) atoms. The highest BCUT2D eigenvalue weighted by Gasteiger charge is 2.44. The molecule has 210 valence electrons. The Bertz CT molecular complexity index is 1020. The second-order valence-electron chi connectivity index (χ2n) is 9.59. The zero-order chi connectivity index (χ0) is 27.2. The Morgan fingerprint density at radius 2 is 1.21 bits per heavy atom. The summed E-state index contributed by atoms with van der Waals surface area (Å²) in [6, 6.07) is 13.9. The van der Waals surface area contributed by atoms with Gasteiger partial charge in [0.1, 0.15) is 54.2 Å². The van der Waals surface area contributed by atoms with Crippen LogP contribution in [0.3, 0.4) is 0 Å². The highest BCUT2D eigenvalue weighted by Crippen LogP contribution is 2.35. The molecule has 9 atom stereocenters. The van der Waals surface area contributed by atoms with E-state index in [0.717, 1.165) is 0 Å². The van der Waals surface area contributed by atoms with Gasteiger partial charge in [0.25, 0.3) is 0 Å². The topological polar surface area (TPSA) is 179 Å². The standard InChI is InChI=1S/C27H36O11/c28-13-21-19(30)12-20(31)26(37-21)15-4-1-6-17(10-15)35-8-3-9-36-18-7-2-5-16(11-18)27-25(34)24(33)23(32)22(14-29)38-27/h1-2,4-7,10-11,19-34H,3,8-9,12-14H2/t19-,20-,21+,22?,23+,24?,25?,26+,27+/m0/s1. The Kier molecular flexibility index (Phi) is 9.93. The van der Waals surface area contributed by atoms with E-state index in [1.54, 1.807) is 48.5 Å². The molecule has 7 N–H and O–H groups in total. The van der Waals surface area contributed by atoms with Gasteiger partial charge in [-0.15, -0.1) is 0 Å². The van der Waals surface area contributed by atoms with Crippen LogP contribution in [0, 0.1) is 0 Å². The molecule has 0 bridgehead atoms. The quantitative estimate of drug-likeness (QED) is 0.196. The molecule has 2 aromatic rings. The average Bonchev–Trinajstić information content (AvgIpc) is 2.92. The van der Waals surface area contributed by atoms with Crippen molar-refractivity contribution in [1.29, 1.82) is 0 Å². The van der Waals surface area contributed by atoms with Crippen molar-refractivity contribution in [2.24, 2.45) is 0 Å². The Labute approximate surface area is 220 Å². The summed E-state index contributed by atoms with van der Waals surface area (Å²) in [6.07, 6.45) is -8.79. The molecule has 3 unspecified atom stereocenters. The van der Waals surface area contributed by atoms with Crippen molar-refractivity contribution in [2.75, 3.05) is 26.4 Å². The average molecular weight is 537 g/mol. The molecule has 2 heterocycles. The molecule has 0 amide bonds. The third kappa shape index (κ3) is 6.63. The monoisotopic (exact) mass is 536 g/mol. The highest BCUT2D eigenvalue weighted by atomic mass is 16.5. The number of benzene rings is 2. The van der Waals surface area contributed by atoms with Crippen LogP contribution in [0.4, 0.5) is 0 Å². The summed E-state index contributed by atoms with van der Waals surface area (Å²) in [4.78, 5) is 0. The van der Waals surface area contributed by atoms with Gasteiger partial charge in [-0.3, -0.25) is 0 Å². The molecule has 11 heteroatoms. The molecule has 2 aliphatic rings. The van der Waals surface area contributed by atoms with Crippen LogP contribution in [0.5, 0.6) is 11.5 Å². The predicted molar refractivity (Wildman–Crippen MR) is 133 cm³/mol. The van der Waals surface area contributed by atoms with E-state index in [1.807, 2.05) is 0 Å². The zero-order valence-electron chi connectivity index (χ0n) is 20.8. The maximum absolute atomic E-state index is 10.4. The minimum Gasteiger partial charge on any atom is -0.493 e. The normalized spacial score (nSPS) is 33.6. The molecule has 0 radical (unpaired) electrons. The molecule has 2 fully saturated rings. The van der Waals surface area contributed by atoms with Crippen molar-refractivity contribution in [1.82, 2.24) is 0 Å². The van der Waals surface area contributed by atoms with Gasteiger partial charge in [0.15, 0.2) is 0 Å².